The molecule has 184 valence electrons. The number of ether oxygens (including phenoxy) is 2. The minimum absolute atomic E-state index is 0.128. The molecule has 4 rings (SSSR count). The van der Waals surface area contributed by atoms with Crippen LogP contribution in [0.1, 0.15) is 60.8 Å². The second-order valence-electron chi connectivity index (χ2n) is 8.58. The zero-order valence-corrected chi connectivity index (χ0v) is 20.8. The Bertz CT molecular complexity index is 1290. The average molecular weight is 476 g/mol. The Morgan fingerprint density at radius 3 is 2.74 bits per heavy atom. The first-order valence-corrected chi connectivity index (χ1v) is 12.4. The van der Waals surface area contributed by atoms with E-state index in [2.05, 4.69) is 24.8 Å². The lowest BCUT2D eigenvalue weighted by molar-refractivity contribution is 0.0466. The molecule has 0 bridgehead atoms. The van der Waals surface area contributed by atoms with Crippen molar-refractivity contribution in [3.8, 4) is 5.75 Å². The summed E-state index contributed by atoms with van der Waals surface area (Å²) in [6.07, 6.45) is 6.03. The second-order valence-corrected chi connectivity index (χ2v) is 8.58. The average Bonchev–Trinajstić information content (AvgIpc) is 2.87. The number of allylic oxidation sites excluding steroid dienone is 1. The van der Waals surface area contributed by atoms with E-state index in [9.17, 15) is 9.59 Å². The number of aromatic nitrogens is 2. The Kier molecular flexibility index (Phi) is 7.98. The quantitative estimate of drug-likeness (QED) is 0.425. The lowest BCUT2D eigenvalue weighted by atomic mass is 9.90. The second kappa shape index (κ2) is 11.3. The fourth-order valence-electron chi connectivity index (χ4n) is 4.45. The highest BCUT2D eigenvalue weighted by Crippen LogP contribution is 2.30. The summed E-state index contributed by atoms with van der Waals surface area (Å²) in [5.41, 5.74) is 4.23. The number of nitrogens with zero attached hydrogens (tertiary/aromatic N) is 3. The van der Waals surface area contributed by atoms with Gasteiger partial charge in [0.2, 0.25) is 0 Å². The smallest absolute Gasteiger partial charge is 0.339 e. The maximum Gasteiger partial charge on any atom is 0.339 e. The molecule has 0 amide bonds. The molecule has 35 heavy (non-hydrogen) atoms. The first-order valence-electron chi connectivity index (χ1n) is 12.4. The van der Waals surface area contributed by atoms with Crippen molar-refractivity contribution in [2.75, 3.05) is 32.8 Å². The number of hydrogen-bond donors (Lipinski definition) is 0. The van der Waals surface area contributed by atoms with Crippen molar-refractivity contribution in [2.45, 2.75) is 40.0 Å². The Hall–Kier alpha value is -3.45. The van der Waals surface area contributed by atoms with E-state index in [1.165, 1.54) is 4.40 Å². The molecule has 0 N–H and O–H groups in total. The molecular formula is C28H33N3O4. The van der Waals surface area contributed by atoms with Gasteiger partial charge < -0.3 is 14.4 Å². The minimum atomic E-state index is -0.432. The van der Waals surface area contributed by atoms with Gasteiger partial charge >= 0.3 is 5.97 Å². The van der Waals surface area contributed by atoms with Gasteiger partial charge in [-0.1, -0.05) is 26.0 Å². The molecule has 0 atom stereocenters. The molecule has 0 saturated heterocycles. The molecule has 2 heterocycles. The summed E-state index contributed by atoms with van der Waals surface area (Å²) in [7, 11) is 0. The summed E-state index contributed by atoms with van der Waals surface area (Å²) in [5.74, 6) is 0.388. The fraction of sp³-hybridized carbons (Fsp3) is 0.393. The van der Waals surface area contributed by atoms with Crippen LogP contribution in [0.5, 0.6) is 5.75 Å². The largest absolute Gasteiger partial charge is 0.494 e. The predicted molar refractivity (Wildman–Crippen MR) is 138 cm³/mol. The molecule has 1 aromatic carbocycles. The van der Waals surface area contributed by atoms with E-state index in [1.807, 2.05) is 31.2 Å². The molecule has 0 spiro atoms. The Balaban J connectivity index is 1.62. The topological polar surface area (TPSA) is 73.1 Å². The van der Waals surface area contributed by atoms with Crippen LogP contribution in [-0.4, -0.2) is 53.1 Å². The van der Waals surface area contributed by atoms with Crippen molar-refractivity contribution >= 4 is 23.3 Å². The SMILES string of the molecule is CCOc1cccc(C=C2CCCc3c2nc2ccc(C(=O)OCCN(CC)CC)cn2c3=O)c1. The number of rotatable bonds is 9. The van der Waals surface area contributed by atoms with Crippen LogP contribution in [0.2, 0.25) is 0 Å². The third-order valence-corrected chi connectivity index (χ3v) is 6.37. The minimum Gasteiger partial charge on any atom is -0.494 e. The lowest BCUT2D eigenvalue weighted by Crippen LogP contribution is -2.28. The highest BCUT2D eigenvalue weighted by Gasteiger charge is 2.21. The van der Waals surface area contributed by atoms with Crippen molar-refractivity contribution in [1.82, 2.24) is 14.3 Å². The summed E-state index contributed by atoms with van der Waals surface area (Å²) in [6, 6.07) is 11.3. The van der Waals surface area contributed by atoms with Crippen LogP contribution in [0.25, 0.3) is 17.3 Å². The summed E-state index contributed by atoms with van der Waals surface area (Å²) >= 11 is 0. The zero-order chi connectivity index (χ0) is 24.8. The van der Waals surface area contributed by atoms with Gasteiger partial charge in [-0.2, -0.15) is 0 Å². The van der Waals surface area contributed by atoms with Crippen molar-refractivity contribution in [1.29, 1.82) is 0 Å². The molecule has 0 fully saturated rings. The molecule has 1 aliphatic rings. The molecule has 7 nitrogen and oxygen atoms in total. The van der Waals surface area contributed by atoms with Crippen LogP contribution in [0.15, 0.2) is 47.4 Å². The molecule has 0 aliphatic heterocycles. The third kappa shape index (κ3) is 5.62. The van der Waals surface area contributed by atoms with Crippen molar-refractivity contribution in [3.05, 3.63) is 75.3 Å². The maximum atomic E-state index is 13.4. The van der Waals surface area contributed by atoms with Gasteiger partial charge in [0, 0.05) is 18.3 Å². The number of esters is 1. The standard InChI is InChI=1S/C28H33N3O4/c1-4-30(5-2)15-16-35-28(33)22-13-14-25-29-26-21(10-8-12-24(26)27(32)31(25)19-22)17-20-9-7-11-23(18-20)34-6-3/h7,9,11,13-14,17-19H,4-6,8,10,12,15-16H2,1-3H3. The third-order valence-electron chi connectivity index (χ3n) is 6.37. The van der Waals surface area contributed by atoms with E-state index in [4.69, 9.17) is 14.5 Å². The summed E-state index contributed by atoms with van der Waals surface area (Å²) in [5, 5.41) is 0. The molecule has 3 aromatic rings. The van der Waals surface area contributed by atoms with E-state index in [0.717, 1.165) is 48.5 Å². The summed E-state index contributed by atoms with van der Waals surface area (Å²) in [4.78, 5) is 33.0. The maximum absolute atomic E-state index is 13.4. The van der Waals surface area contributed by atoms with E-state index in [0.29, 0.717) is 43.0 Å². The van der Waals surface area contributed by atoms with Gasteiger partial charge in [-0.05, 0) is 80.8 Å². The summed E-state index contributed by atoms with van der Waals surface area (Å²) < 4.78 is 12.5. The number of benzene rings is 1. The Labute approximate surface area is 206 Å². The van der Waals surface area contributed by atoms with Gasteiger partial charge in [0.15, 0.2) is 0 Å². The van der Waals surface area contributed by atoms with Gasteiger partial charge in [0.1, 0.15) is 18.0 Å². The van der Waals surface area contributed by atoms with E-state index in [1.54, 1.807) is 18.3 Å². The van der Waals surface area contributed by atoms with Gasteiger partial charge in [-0.25, -0.2) is 9.78 Å². The normalized spacial score (nSPS) is 14.3. The zero-order valence-electron chi connectivity index (χ0n) is 20.8. The first kappa shape index (κ1) is 24.7. The van der Waals surface area contributed by atoms with E-state index in [-0.39, 0.29) is 5.56 Å². The molecule has 0 saturated carbocycles. The lowest BCUT2D eigenvalue weighted by Gasteiger charge is -2.19. The number of fused-ring (bicyclic) bond motifs is 2. The predicted octanol–water partition coefficient (Wildman–Crippen LogP) is 4.47. The highest BCUT2D eigenvalue weighted by molar-refractivity contribution is 5.89. The number of carbonyl (C=O) groups is 1. The molecule has 2 aromatic heterocycles. The van der Waals surface area contributed by atoms with Crippen LogP contribution < -0.4 is 10.3 Å². The Morgan fingerprint density at radius 2 is 1.97 bits per heavy atom. The number of pyridine rings is 1. The highest BCUT2D eigenvalue weighted by atomic mass is 16.5. The summed E-state index contributed by atoms with van der Waals surface area (Å²) in [6.45, 7) is 9.54. The van der Waals surface area contributed by atoms with Crippen LogP contribution in [-0.2, 0) is 11.2 Å². The molecule has 0 unspecified atom stereocenters. The van der Waals surface area contributed by atoms with Crippen molar-refractivity contribution in [2.24, 2.45) is 0 Å². The van der Waals surface area contributed by atoms with Crippen LogP contribution in [0, 0.1) is 0 Å². The number of carbonyl (C=O) groups excluding carboxylic acids is 1. The van der Waals surface area contributed by atoms with Gasteiger partial charge in [0.25, 0.3) is 5.56 Å². The fourth-order valence-corrected chi connectivity index (χ4v) is 4.45. The van der Waals surface area contributed by atoms with Gasteiger partial charge in [-0.15, -0.1) is 0 Å². The van der Waals surface area contributed by atoms with Crippen molar-refractivity contribution < 1.29 is 14.3 Å². The van der Waals surface area contributed by atoms with Crippen LogP contribution in [0.3, 0.4) is 0 Å². The molecule has 1 aliphatic carbocycles. The number of likely N-dealkylation sites (N-methyl/N-ethyl adjacent to an activating group) is 1. The molecule has 0 radical (unpaired) electrons. The molecule has 7 heteroatoms. The van der Waals surface area contributed by atoms with E-state index >= 15 is 0 Å². The Morgan fingerprint density at radius 1 is 1.14 bits per heavy atom. The molecular weight excluding hydrogens is 442 g/mol. The van der Waals surface area contributed by atoms with E-state index < -0.39 is 5.97 Å². The number of hydrogen-bond acceptors (Lipinski definition) is 6. The van der Waals surface area contributed by atoms with Crippen LogP contribution >= 0.6 is 0 Å². The monoisotopic (exact) mass is 475 g/mol. The van der Waals surface area contributed by atoms with Gasteiger partial charge in [-0.3, -0.25) is 9.20 Å². The van der Waals surface area contributed by atoms with Crippen LogP contribution in [0.4, 0.5) is 0 Å². The van der Waals surface area contributed by atoms with Crippen molar-refractivity contribution in [3.63, 3.8) is 0 Å². The first-order chi connectivity index (χ1) is 17.0. The van der Waals surface area contributed by atoms with Gasteiger partial charge in [0.05, 0.1) is 17.9 Å².